The Morgan fingerprint density at radius 2 is 1.54 bits per heavy atom. The van der Waals surface area contributed by atoms with Crippen molar-refractivity contribution < 1.29 is 47.7 Å². The summed E-state index contributed by atoms with van der Waals surface area (Å²) >= 11 is 1.61. The van der Waals surface area contributed by atoms with Crippen molar-refractivity contribution in [1.82, 2.24) is 20.0 Å². The highest BCUT2D eigenvalue weighted by molar-refractivity contribution is 8.14. The molecule has 0 spiro atoms. The fourth-order valence-electron chi connectivity index (χ4n) is 10.4. The van der Waals surface area contributed by atoms with Crippen molar-refractivity contribution in [2.24, 2.45) is 22.2 Å². The SMILES string of the molecule is C=CCOC(=O)[C@H]([C@@H](C)CC)N(C)C(=O)[C@H](C)N(C)C(=O)[C@H](Cc1ccc(OC)cc1)NC(=O)/C(C)=C/[C@H]1CSC(/C(C)=C/C[C@H](C)C[C@H](OC(=O)[C@@H]2CCCN2C(=O)OCC2c3ccccc3-c3ccccc32)C(C)(C)C)=N1. The van der Waals surface area contributed by atoms with E-state index in [1.54, 1.807) is 44.9 Å². The topological polar surface area (TPSA) is 173 Å². The number of aliphatic imine (C=N–C) groups is 1. The highest BCUT2D eigenvalue weighted by Gasteiger charge is 2.41. The van der Waals surface area contributed by atoms with E-state index < -0.39 is 66.0 Å². The van der Waals surface area contributed by atoms with Crippen LogP contribution < -0.4 is 10.1 Å². The number of methoxy groups -OCH3 is 1. The molecule has 1 saturated heterocycles. The van der Waals surface area contributed by atoms with Crippen molar-refractivity contribution in [2.75, 3.05) is 46.7 Å². The molecule has 2 aliphatic heterocycles. The normalized spacial score (nSPS) is 18.6. The number of allylic oxidation sites excluding steroid dienone is 1. The molecule has 16 heteroatoms. The largest absolute Gasteiger partial charge is 0.497 e. The van der Waals surface area contributed by atoms with Crippen LogP contribution in [-0.2, 0) is 44.6 Å². The summed E-state index contributed by atoms with van der Waals surface area (Å²) in [5.41, 5.74) is 6.37. The van der Waals surface area contributed by atoms with Crippen LogP contribution in [0.15, 0.2) is 114 Å². The molecule has 6 rings (SSSR count). The Hall–Kier alpha value is -6.68. The van der Waals surface area contributed by atoms with Gasteiger partial charge >= 0.3 is 18.0 Å². The molecule has 0 unspecified atom stereocenters. The molecule has 3 aromatic rings. The monoisotopic (exact) mass is 1100 g/mol. The Kier molecular flexibility index (Phi) is 21.8. The maximum absolute atomic E-state index is 14.4. The molecule has 1 fully saturated rings. The molecule has 0 radical (unpaired) electrons. The Labute approximate surface area is 472 Å². The van der Waals surface area contributed by atoms with Gasteiger partial charge in [0.1, 0.15) is 49.2 Å². The number of nitrogens with one attached hydrogen (secondary N) is 1. The lowest BCUT2D eigenvalue weighted by atomic mass is 9.83. The second-order valence-corrected chi connectivity index (χ2v) is 23.5. The first-order valence-corrected chi connectivity index (χ1v) is 28.7. The van der Waals surface area contributed by atoms with Crippen LogP contribution >= 0.6 is 11.8 Å². The third kappa shape index (κ3) is 15.6. The van der Waals surface area contributed by atoms with Gasteiger partial charge in [0.2, 0.25) is 17.7 Å². The number of ether oxygens (including phenoxy) is 4. The molecule has 0 saturated carbocycles. The molecular weight excluding hydrogens is 1020 g/mol. The highest BCUT2D eigenvalue weighted by atomic mass is 32.2. The van der Waals surface area contributed by atoms with Crippen LogP contribution in [0.3, 0.4) is 0 Å². The summed E-state index contributed by atoms with van der Waals surface area (Å²) in [4.78, 5) is 92.2. The second kappa shape index (κ2) is 28.0. The fourth-order valence-corrected chi connectivity index (χ4v) is 11.4. The zero-order chi connectivity index (χ0) is 57.7. The van der Waals surface area contributed by atoms with Crippen LogP contribution in [-0.4, -0.2) is 139 Å². The van der Waals surface area contributed by atoms with Crippen molar-refractivity contribution >= 4 is 52.6 Å². The number of hydrogen-bond donors (Lipinski definition) is 1. The lowest BCUT2D eigenvalue weighted by Gasteiger charge is -2.35. The molecule has 426 valence electrons. The lowest BCUT2D eigenvalue weighted by molar-refractivity contribution is -0.161. The number of benzene rings is 3. The van der Waals surface area contributed by atoms with E-state index in [-0.39, 0.29) is 48.8 Å². The van der Waals surface area contributed by atoms with Gasteiger partial charge in [-0.05, 0) is 109 Å². The van der Waals surface area contributed by atoms with E-state index >= 15 is 0 Å². The summed E-state index contributed by atoms with van der Waals surface area (Å²) in [6.45, 7) is 21.7. The maximum Gasteiger partial charge on any atom is 0.410 e. The fraction of sp³-hybridized carbons (Fsp3) is 0.508. The molecule has 0 aromatic heterocycles. The molecule has 1 aliphatic carbocycles. The minimum Gasteiger partial charge on any atom is -0.497 e. The molecule has 3 aliphatic rings. The van der Waals surface area contributed by atoms with Crippen LogP contribution in [0, 0.1) is 17.3 Å². The maximum atomic E-state index is 14.4. The molecule has 79 heavy (non-hydrogen) atoms. The first kappa shape index (κ1) is 61.5. The van der Waals surface area contributed by atoms with Crippen molar-refractivity contribution in [1.29, 1.82) is 0 Å². The van der Waals surface area contributed by atoms with Crippen molar-refractivity contribution in [3.05, 3.63) is 125 Å². The minimum atomic E-state index is -1.05. The van der Waals surface area contributed by atoms with Gasteiger partial charge < -0.3 is 34.1 Å². The van der Waals surface area contributed by atoms with Crippen LogP contribution in [0.25, 0.3) is 11.1 Å². The van der Waals surface area contributed by atoms with Crippen molar-refractivity contribution in [2.45, 2.75) is 143 Å². The summed E-state index contributed by atoms with van der Waals surface area (Å²) in [5, 5.41) is 3.82. The Morgan fingerprint density at radius 1 is 0.899 bits per heavy atom. The third-order valence-corrected chi connectivity index (χ3v) is 16.8. The van der Waals surface area contributed by atoms with Crippen LogP contribution in [0.2, 0.25) is 0 Å². The number of thioether (sulfide) groups is 1. The second-order valence-electron chi connectivity index (χ2n) is 22.5. The van der Waals surface area contributed by atoms with Crippen molar-refractivity contribution in [3.8, 4) is 16.9 Å². The quantitative estimate of drug-likeness (QED) is 0.0391. The van der Waals surface area contributed by atoms with Crippen LogP contribution in [0.4, 0.5) is 4.79 Å². The lowest BCUT2D eigenvalue weighted by Crippen LogP contribution is -2.57. The number of esters is 2. The molecule has 8 atom stereocenters. The standard InChI is InChI=1S/C63H83N5O10S/c1-14-33-76-61(73)55(40(4)15-2)67(12)58(70)43(7)66(11)59(71)52(36-44-28-30-46(75-13)31-29-44)65-56(69)42(6)35-45-38-79-57(64-45)41(5)27-26-39(3)34-54(63(8,9)10)78-60(72)53-25-20-32-68(53)62(74)77-37-51-49-23-18-16-21-47(49)48-22-17-19-24-50(48)51/h14,16-19,21-24,27-31,35,39-40,43,45,51-55H,1,15,20,25-26,32-34,36-38H2,2-13H3,(H,65,69)/b41-27+,42-35+/t39-,40-,43-,45-,52-,53-,54-,55-/m0/s1. The number of likely N-dealkylation sites (tertiary alicyclic amines) is 1. The predicted octanol–water partition coefficient (Wildman–Crippen LogP) is 10.4. The predicted molar refractivity (Wildman–Crippen MR) is 312 cm³/mol. The van der Waals surface area contributed by atoms with Gasteiger partial charge in [0.15, 0.2) is 0 Å². The van der Waals surface area contributed by atoms with E-state index in [9.17, 15) is 28.8 Å². The zero-order valence-electron chi connectivity index (χ0n) is 48.4. The van der Waals surface area contributed by atoms with E-state index in [4.69, 9.17) is 23.9 Å². The highest BCUT2D eigenvalue weighted by Crippen LogP contribution is 2.45. The summed E-state index contributed by atoms with van der Waals surface area (Å²) in [7, 11) is 4.62. The Balaban J connectivity index is 1.05. The van der Waals surface area contributed by atoms with Crippen LogP contribution in [0.1, 0.15) is 117 Å². The van der Waals surface area contributed by atoms with Crippen molar-refractivity contribution in [3.63, 3.8) is 0 Å². The molecule has 4 amide bonds. The number of hydrogen-bond acceptors (Lipinski definition) is 12. The molecular formula is C63H83N5O10S. The number of carbonyl (C=O) groups excluding carboxylic acids is 6. The average Bonchev–Trinajstić information content (AvgIpc) is 4.32. The summed E-state index contributed by atoms with van der Waals surface area (Å²) in [6.07, 6.45) is 7.81. The molecule has 2 heterocycles. The number of likely N-dealkylation sites (N-methyl/N-ethyl adjacent to an activating group) is 2. The average molecular weight is 1100 g/mol. The van der Waals surface area contributed by atoms with Gasteiger partial charge in [-0.1, -0.05) is 133 Å². The summed E-state index contributed by atoms with van der Waals surface area (Å²) in [5.74, 6) is -1.23. The van der Waals surface area contributed by atoms with Gasteiger partial charge in [-0.3, -0.25) is 24.3 Å². The van der Waals surface area contributed by atoms with E-state index in [1.807, 2.05) is 63.2 Å². The Bertz CT molecular complexity index is 2720. The molecule has 0 bridgehead atoms. The first-order chi connectivity index (χ1) is 37.6. The van der Waals surface area contributed by atoms with Gasteiger partial charge in [0.25, 0.3) is 0 Å². The van der Waals surface area contributed by atoms with Gasteiger partial charge in [-0.2, -0.15) is 0 Å². The van der Waals surface area contributed by atoms with E-state index in [1.165, 1.54) is 34.9 Å². The van der Waals surface area contributed by atoms with Crippen LogP contribution in [0.5, 0.6) is 5.75 Å². The van der Waals surface area contributed by atoms with Gasteiger partial charge in [-0.15, -0.1) is 11.8 Å². The smallest absolute Gasteiger partial charge is 0.410 e. The number of nitrogens with zero attached hydrogens (tertiary/aromatic N) is 4. The number of fused-ring (bicyclic) bond motifs is 3. The molecule has 15 nitrogen and oxygen atoms in total. The third-order valence-electron chi connectivity index (χ3n) is 15.6. The number of amides is 4. The van der Waals surface area contributed by atoms with Gasteiger partial charge in [0, 0.05) is 44.3 Å². The Morgan fingerprint density at radius 3 is 2.15 bits per heavy atom. The van der Waals surface area contributed by atoms with E-state index in [0.717, 1.165) is 38.4 Å². The number of rotatable bonds is 24. The first-order valence-electron chi connectivity index (χ1n) is 27.7. The number of carbonyl (C=O) groups is 6. The summed E-state index contributed by atoms with van der Waals surface area (Å²) in [6, 6.07) is 19.7. The molecule has 1 N–H and O–H groups in total. The molecule has 3 aromatic carbocycles. The van der Waals surface area contributed by atoms with E-state index in [0.29, 0.717) is 55.7 Å². The zero-order valence-corrected chi connectivity index (χ0v) is 49.2. The van der Waals surface area contributed by atoms with Gasteiger partial charge in [-0.25, -0.2) is 14.4 Å². The minimum absolute atomic E-state index is 0.00618. The summed E-state index contributed by atoms with van der Waals surface area (Å²) < 4.78 is 23.0. The van der Waals surface area contributed by atoms with E-state index in [2.05, 4.69) is 69.9 Å². The van der Waals surface area contributed by atoms with Gasteiger partial charge in [0.05, 0.1) is 18.2 Å².